The number of unbranched alkanes of at least 4 members (excludes halogenated alkanes) is 26. The Hall–Kier alpha value is 0.911. The van der Waals surface area contributed by atoms with Gasteiger partial charge in [-0.05, 0) is 89.9 Å². The second-order valence-electron chi connectivity index (χ2n) is 23.7. The third kappa shape index (κ3) is 50.2. The minimum atomic E-state index is -2.31. The van der Waals surface area contributed by atoms with Crippen LogP contribution in [0.2, 0.25) is 51.4 Å². The van der Waals surface area contributed by atoms with Crippen LogP contribution in [-0.4, -0.2) is 137 Å². The number of likely N-dealkylation sites (N-methyl/N-ethyl adjacent to an activating group) is 2. The van der Waals surface area contributed by atoms with Crippen molar-refractivity contribution in [3.05, 3.63) is 0 Å². The van der Waals surface area contributed by atoms with E-state index in [1.54, 1.807) is 0 Å². The van der Waals surface area contributed by atoms with Gasteiger partial charge in [-0.2, -0.15) is 0 Å². The second-order valence-corrected chi connectivity index (χ2v) is 36.1. The number of aliphatic hydroxyl groups excluding tert-OH is 2. The average molecular weight is 1050 g/mol. The summed E-state index contributed by atoms with van der Waals surface area (Å²) in [5.41, 5.74) is 0. The van der Waals surface area contributed by atoms with Crippen LogP contribution in [-0.2, 0) is 17.7 Å². The lowest BCUT2D eigenvalue weighted by molar-refractivity contribution is -0.893. The maximum absolute atomic E-state index is 10.8. The largest absolute Gasteiger partial charge is 1.00 e. The molecule has 0 fully saturated rings. The fourth-order valence-electron chi connectivity index (χ4n) is 9.99. The van der Waals surface area contributed by atoms with Crippen molar-refractivity contribution in [3.8, 4) is 0 Å². The predicted molar refractivity (Wildman–Crippen MR) is 291 cm³/mol. The summed E-state index contributed by atoms with van der Waals surface area (Å²) in [5, 5.41) is 21.6. The molecule has 0 aromatic rings. The third-order valence-electron chi connectivity index (χ3n) is 13.4. The van der Waals surface area contributed by atoms with E-state index in [1.807, 2.05) is 0 Å². The molecule has 0 saturated heterocycles. The molecule has 67 heavy (non-hydrogen) atoms. The Morgan fingerprint density at radius 1 is 0.373 bits per heavy atom. The quantitative estimate of drug-likeness (QED) is 0.0361. The summed E-state index contributed by atoms with van der Waals surface area (Å²) >= 11 is 0. The van der Waals surface area contributed by atoms with E-state index < -0.39 is 37.4 Å². The van der Waals surface area contributed by atoms with Gasteiger partial charge in [-0.1, -0.05) is 168 Å². The van der Waals surface area contributed by atoms with Gasteiger partial charge in [0.1, 0.15) is 25.3 Å². The van der Waals surface area contributed by atoms with E-state index in [0.29, 0.717) is 26.4 Å². The molecule has 13 heteroatoms. The van der Waals surface area contributed by atoms with Crippen LogP contribution in [0.1, 0.15) is 206 Å². The highest BCUT2D eigenvalue weighted by atomic mass is 35.5. The van der Waals surface area contributed by atoms with Crippen LogP contribution in [0, 0.1) is 0 Å². The van der Waals surface area contributed by atoms with Crippen molar-refractivity contribution >= 4 is 25.2 Å². The number of hydrogen-bond donors (Lipinski definition) is 2. The first kappa shape index (κ1) is 72.2. The summed E-state index contributed by atoms with van der Waals surface area (Å²) < 4.78 is 27.4. The smallest absolute Gasteiger partial charge is 0.311 e. The Morgan fingerprint density at radius 2 is 0.612 bits per heavy atom. The zero-order chi connectivity index (χ0) is 48.8. The van der Waals surface area contributed by atoms with E-state index >= 15 is 0 Å². The number of aliphatic hydroxyl groups is 2. The molecule has 0 saturated carbocycles. The highest BCUT2D eigenvalue weighted by molar-refractivity contribution is 6.87. The molecule has 0 aliphatic rings. The van der Waals surface area contributed by atoms with Gasteiger partial charge in [0.05, 0.1) is 54.5 Å². The van der Waals surface area contributed by atoms with E-state index in [0.717, 1.165) is 60.1 Å². The molecule has 0 aliphatic heterocycles. The standard InChI is InChI=1S/C54H120N2O6Si3.2ClH/c1-13-15-17-19-21-23-25-27-29-31-33-35-37-39-43-55(3,4)49-53(57)51-59-45-41-47-63(7,8)61-65(11,12)62-64(9,10)48-42-46-60-52-54(58)50-56(5,6)44-40-38-36-34-32-30-28-26-24-22-20-18-16-14-2;;/h53-54,57-58H,13-52H2,1-12H3;2*1H/q+2;;/p-2. The van der Waals surface area contributed by atoms with Gasteiger partial charge in [0.15, 0.2) is 16.6 Å². The summed E-state index contributed by atoms with van der Waals surface area (Å²) in [6.45, 7) is 24.1. The van der Waals surface area contributed by atoms with Gasteiger partial charge in [-0.15, -0.1) is 0 Å². The van der Waals surface area contributed by atoms with Crippen molar-refractivity contribution < 1.29 is 61.7 Å². The lowest BCUT2D eigenvalue weighted by Gasteiger charge is -2.38. The van der Waals surface area contributed by atoms with Crippen LogP contribution < -0.4 is 24.8 Å². The number of nitrogens with zero attached hydrogens (tertiary/aromatic N) is 2. The number of hydrogen-bond acceptors (Lipinski definition) is 6. The molecule has 0 heterocycles. The lowest BCUT2D eigenvalue weighted by Crippen LogP contribution is -3.00. The Labute approximate surface area is 435 Å². The molecule has 2 unspecified atom stereocenters. The minimum Gasteiger partial charge on any atom is -1.00 e. The summed E-state index contributed by atoms with van der Waals surface area (Å²) in [7, 11) is 2.81. The van der Waals surface area contributed by atoms with Gasteiger partial charge in [-0.3, -0.25) is 0 Å². The Bertz CT molecular complexity index is 985. The number of rotatable bonds is 50. The average Bonchev–Trinajstić information content (AvgIpc) is 3.19. The van der Waals surface area contributed by atoms with Crippen molar-refractivity contribution in [2.45, 2.75) is 270 Å². The molecule has 2 N–H and O–H groups in total. The highest BCUT2D eigenvalue weighted by Gasteiger charge is 2.39. The molecule has 0 amide bonds. The summed E-state index contributed by atoms with van der Waals surface area (Å²) in [6.07, 6.45) is 39.8. The van der Waals surface area contributed by atoms with Crippen molar-refractivity contribution in [2.75, 3.05) is 80.8 Å². The van der Waals surface area contributed by atoms with Crippen LogP contribution in [0.15, 0.2) is 0 Å². The third-order valence-corrected chi connectivity index (χ3v) is 24.9. The monoisotopic (exact) mass is 1050 g/mol. The maximum atomic E-state index is 10.8. The lowest BCUT2D eigenvalue weighted by atomic mass is 10.0. The number of quaternary nitrogens is 2. The molecule has 0 aliphatic carbocycles. The second kappa shape index (κ2) is 44.4. The molecule has 408 valence electrons. The Morgan fingerprint density at radius 3 is 0.866 bits per heavy atom. The first-order valence-electron chi connectivity index (χ1n) is 28.3. The van der Waals surface area contributed by atoms with E-state index in [9.17, 15) is 10.2 Å². The van der Waals surface area contributed by atoms with E-state index in [4.69, 9.17) is 17.7 Å². The fraction of sp³-hybridized carbons (Fsp3) is 1.00. The topological polar surface area (TPSA) is 77.4 Å². The maximum Gasteiger partial charge on any atom is 0.311 e. The van der Waals surface area contributed by atoms with Crippen molar-refractivity contribution in [3.63, 3.8) is 0 Å². The van der Waals surface area contributed by atoms with Crippen molar-refractivity contribution in [1.29, 1.82) is 0 Å². The molecule has 8 nitrogen and oxygen atoms in total. The van der Waals surface area contributed by atoms with Crippen LogP contribution in [0.4, 0.5) is 0 Å². The molecular weight excluding hydrogens is 928 g/mol. The van der Waals surface area contributed by atoms with Crippen LogP contribution in [0.25, 0.3) is 0 Å². The Balaban J connectivity index is -0.0000205. The number of ether oxygens (including phenoxy) is 2. The van der Waals surface area contributed by atoms with E-state index in [2.05, 4.69) is 81.3 Å². The van der Waals surface area contributed by atoms with Crippen LogP contribution in [0.3, 0.4) is 0 Å². The molecular formula is C54H120Cl2N2O6Si3. The van der Waals surface area contributed by atoms with Crippen LogP contribution >= 0.6 is 0 Å². The zero-order valence-corrected chi connectivity index (χ0v) is 51.6. The Kier molecular flexibility index (Phi) is 47.8. The molecule has 0 aromatic carbocycles. The van der Waals surface area contributed by atoms with E-state index in [1.165, 1.54) is 180 Å². The molecule has 0 spiro atoms. The normalized spacial score (nSPS) is 13.7. The molecule has 0 bridgehead atoms. The highest BCUT2D eigenvalue weighted by Crippen LogP contribution is 2.26. The molecule has 0 rings (SSSR count). The predicted octanol–water partition coefficient (Wildman–Crippen LogP) is 8.79. The van der Waals surface area contributed by atoms with Gasteiger partial charge >= 0.3 is 8.56 Å². The molecule has 0 aromatic heterocycles. The summed E-state index contributed by atoms with van der Waals surface area (Å²) in [5.74, 6) is 0. The van der Waals surface area contributed by atoms with Gasteiger partial charge in [-0.25, -0.2) is 0 Å². The van der Waals surface area contributed by atoms with Crippen molar-refractivity contribution in [1.82, 2.24) is 0 Å². The first-order chi connectivity index (χ1) is 30.7. The molecule has 0 radical (unpaired) electrons. The van der Waals surface area contributed by atoms with Gasteiger partial charge in [0.25, 0.3) is 0 Å². The summed E-state index contributed by atoms with van der Waals surface area (Å²) in [4.78, 5) is 0. The van der Waals surface area contributed by atoms with Crippen LogP contribution in [0.5, 0.6) is 0 Å². The number of halogens is 2. The van der Waals surface area contributed by atoms with Gasteiger partial charge < -0.3 is 61.7 Å². The summed E-state index contributed by atoms with van der Waals surface area (Å²) in [6, 6.07) is 2.05. The minimum absolute atomic E-state index is 0. The molecule has 2 atom stereocenters. The van der Waals surface area contributed by atoms with E-state index in [-0.39, 0.29) is 24.8 Å². The zero-order valence-electron chi connectivity index (χ0n) is 47.1. The van der Waals surface area contributed by atoms with Gasteiger partial charge in [0.2, 0.25) is 0 Å². The SMILES string of the molecule is CCCCCCCCCCCCCCCC[N+](C)(C)CC(O)COCCC[Si](C)(C)O[Si](C)(C)O[Si](C)(C)CCCOCC(O)C[N+](C)(C)CCCCCCCCCCCCCCCC.[Cl-].[Cl-]. The fourth-order valence-corrected chi connectivity index (χ4v) is 24.0. The first-order valence-corrected chi connectivity index (χ1v) is 37.3. The van der Waals surface area contributed by atoms with Gasteiger partial charge in [0, 0.05) is 13.2 Å². The van der Waals surface area contributed by atoms with Crippen molar-refractivity contribution in [2.24, 2.45) is 0 Å².